The normalized spacial score (nSPS) is 13.4. The zero-order valence-corrected chi connectivity index (χ0v) is 65.3. The highest BCUT2D eigenvalue weighted by molar-refractivity contribution is 8.75. The fraction of sp³-hybridized carbons (Fsp3) is 0.311. The lowest BCUT2D eigenvalue weighted by molar-refractivity contribution is -0.138. The van der Waals surface area contributed by atoms with Crippen LogP contribution in [0.1, 0.15) is 43.7 Å². The third kappa shape index (κ3) is 20.5. The number of likely N-dealkylation sites (N-methyl/N-ethyl adjacent to an activating group) is 1. The highest BCUT2D eigenvalue weighted by Gasteiger charge is 2.32. The summed E-state index contributed by atoms with van der Waals surface area (Å²) >= 11 is 19.4. The van der Waals surface area contributed by atoms with Crippen LogP contribution in [0.3, 0.4) is 0 Å². The van der Waals surface area contributed by atoms with Crippen LogP contribution in [0.5, 0.6) is 0 Å². The molecule has 39 heteroatoms. The number of carbonyl (C=O) groups excluding carboxylic acids is 1. The summed E-state index contributed by atoms with van der Waals surface area (Å²) in [4.78, 5) is 131. The van der Waals surface area contributed by atoms with Gasteiger partial charge < -0.3 is 61.1 Å². The second-order valence-electron chi connectivity index (χ2n) is 21.3. The van der Waals surface area contributed by atoms with Crippen molar-refractivity contribution in [3.8, 4) is 0 Å². The summed E-state index contributed by atoms with van der Waals surface area (Å²) in [5, 5.41) is 103. The molecule has 10 aromatic rings. The molecule has 534 valence electrons. The Labute approximate surface area is 623 Å². The van der Waals surface area contributed by atoms with Crippen LogP contribution in [0, 0.1) is 0 Å². The van der Waals surface area contributed by atoms with E-state index in [1.54, 1.807) is 114 Å². The summed E-state index contributed by atoms with van der Waals surface area (Å²) in [6, 6.07) is 21.9. The van der Waals surface area contributed by atoms with E-state index in [1.165, 1.54) is 67.3 Å². The smallest absolute Gasteiger partial charge is 0.303 e. The van der Waals surface area contributed by atoms with Crippen molar-refractivity contribution in [2.75, 3.05) is 26.8 Å². The van der Waals surface area contributed by atoms with Crippen molar-refractivity contribution in [2.24, 2.45) is 0 Å². The molecule has 0 bridgehead atoms. The van der Waals surface area contributed by atoms with Gasteiger partial charge in [0, 0.05) is 212 Å². The number of thiophene rings is 2. The van der Waals surface area contributed by atoms with E-state index in [4.69, 9.17) is 25.5 Å². The van der Waals surface area contributed by atoms with Gasteiger partial charge in [-0.15, -0.1) is 22.7 Å². The summed E-state index contributed by atoms with van der Waals surface area (Å²) in [5.41, 5.74) is -2.46. The number of rotatable bonds is 18. The first kappa shape index (κ1) is 84.4. The van der Waals surface area contributed by atoms with Gasteiger partial charge >= 0.3 is 5.97 Å². The molecular formula is C61H57NO21S17. The third-order valence-corrected chi connectivity index (χ3v) is 37.5. The van der Waals surface area contributed by atoms with Crippen molar-refractivity contribution >= 4 is 260 Å². The van der Waals surface area contributed by atoms with E-state index < -0.39 is 112 Å². The highest BCUT2D eigenvalue weighted by Crippen LogP contribution is 2.31. The molecule has 0 aliphatic rings. The third-order valence-electron chi connectivity index (χ3n) is 15.2. The van der Waals surface area contributed by atoms with E-state index in [0.717, 1.165) is 36.5 Å². The predicted octanol–water partition coefficient (Wildman–Crippen LogP) is 0.385. The van der Waals surface area contributed by atoms with E-state index in [1.807, 2.05) is 6.92 Å². The largest absolute Gasteiger partial charge is 0.481 e. The van der Waals surface area contributed by atoms with Gasteiger partial charge in [0.25, 0.3) is 0 Å². The number of nitrogens with zero attached hydrogens (tertiary/aromatic N) is 1. The van der Waals surface area contributed by atoms with Gasteiger partial charge in [-0.2, -0.15) is 0 Å². The zero-order valence-electron chi connectivity index (χ0n) is 51.5. The molecular weight excluding hydrogens is 1630 g/mol. The summed E-state index contributed by atoms with van der Waals surface area (Å²) in [6.07, 6.45) is -11.1. The Kier molecular flexibility index (Phi) is 34.3. The number of benzene rings is 8. The standard InChI is InChI=1S/C30H27NO10S.C23H12O6S.C8H18O5.S12.S3/c1-31(11-18(33)27(40)28(41)19(34)12-32)20(35)9-7-13-6-8-16-17(10-13)24(37)22-21-23(36)14-4-2-3-5-15(14)25(38)29(21)42-30(22)26(16)39;24-15(25)8-6-10-5-7-13-14(9-10)19(27)17-16-18(26)11-3-1-2-4-12(11)20(28)22(16)30-23(17)21(13)29;1-2-3-5(10)7(12)8(13)6(11)4-9;1-3-5-7-9-11-12-10-8-6-4-2;1-3-2/h2-6,8,10,18-19,27-28,32-34,40-41H,7,9,11-12H2,1H3;1-5,7,9H,6,8H2,(H,24,25);5-13H,2-4H2,1H3;;/t18-,19+,27+,28+;;5-,6+,7+,8+;;/m0.0../s1. The summed E-state index contributed by atoms with van der Waals surface area (Å²) in [6.45, 7) is -0.0106. The number of aliphatic hydroxyl groups excluding tert-OH is 10. The van der Waals surface area contributed by atoms with Crippen molar-refractivity contribution in [1.29, 1.82) is 0 Å². The average Bonchev–Trinajstić information content (AvgIpc) is 1.55. The number of carboxylic acid groups (broad SMARTS) is 1. The van der Waals surface area contributed by atoms with Gasteiger partial charge in [0.2, 0.25) is 27.6 Å². The molecule has 10 rings (SSSR count). The first-order valence-electron chi connectivity index (χ1n) is 28.8. The molecule has 0 aliphatic carbocycles. The molecule has 0 saturated carbocycles. The number of hydrogen-bond acceptors (Lipinski definition) is 26. The van der Waals surface area contributed by atoms with Crippen LogP contribution in [0.2, 0.25) is 0 Å². The number of aliphatic hydroxyl groups is 10. The van der Waals surface area contributed by atoms with Crippen LogP contribution in [0.4, 0.5) is 0 Å². The van der Waals surface area contributed by atoms with Gasteiger partial charge in [-0.3, -0.25) is 47.9 Å². The second-order valence-corrected chi connectivity index (χ2v) is 42.8. The average molecular weight is 1690 g/mol. The maximum Gasteiger partial charge on any atom is 0.303 e. The fourth-order valence-corrected chi connectivity index (χ4v) is 34.6. The number of hydrogen-bond donors (Lipinski definition) is 11. The second kappa shape index (κ2) is 40.7. The van der Waals surface area contributed by atoms with Crippen molar-refractivity contribution in [3.63, 3.8) is 0 Å². The Balaban J connectivity index is 0.000000234. The Hall–Kier alpha value is -4.52. The zero-order chi connectivity index (χ0) is 73.8. The molecule has 2 heterocycles. The molecule has 11 N–H and O–H groups in total. The minimum Gasteiger partial charge on any atom is -0.481 e. The van der Waals surface area contributed by atoms with Gasteiger partial charge in [0.15, 0.2) is 21.7 Å². The number of aliphatic carboxylic acids is 1. The minimum atomic E-state index is -1.82. The molecule has 0 fully saturated rings. The summed E-state index contributed by atoms with van der Waals surface area (Å²) < 4.78 is 0.335. The van der Waals surface area contributed by atoms with E-state index in [-0.39, 0.29) is 121 Å². The number of carboxylic acids is 1. The molecule has 0 aliphatic heterocycles. The predicted molar refractivity (Wildman–Crippen MR) is 433 cm³/mol. The van der Waals surface area contributed by atoms with E-state index >= 15 is 0 Å². The fourth-order valence-electron chi connectivity index (χ4n) is 10.3. The van der Waals surface area contributed by atoms with Crippen LogP contribution in [-0.4, -0.2) is 149 Å². The number of amides is 1. The van der Waals surface area contributed by atoms with Crippen LogP contribution in [0.15, 0.2) is 123 Å². The molecule has 0 radical (unpaired) electrons. The van der Waals surface area contributed by atoms with Gasteiger partial charge in [-0.25, -0.2) is 0 Å². The Morgan fingerprint density at radius 2 is 0.730 bits per heavy atom. The van der Waals surface area contributed by atoms with E-state index in [9.17, 15) is 78.6 Å². The summed E-state index contributed by atoms with van der Waals surface area (Å²) in [7, 11) is 18.6. The van der Waals surface area contributed by atoms with Gasteiger partial charge in [0.05, 0.1) is 59.7 Å². The van der Waals surface area contributed by atoms with Gasteiger partial charge in [-0.1, -0.05) is 74.0 Å². The maximum absolute atomic E-state index is 13.7. The Bertz CT molecular complexity index is 5710. The molecule has 8 atom stereocenters. The minimum absolute atomic E-state index is 0.00126. The quantitative estimate of drug-likeness (QED) is 0.0553. The molecule has 0 unspecified atom stereocenters. The lowest BCUT2D eigenvalue weighted by Crippen LogP contribution is -2.50. The molecule has 0 saturated heterocycles. The maximum atomic E-state index is 13.7. The molecule has 0 spiro atoms. The first-order valence-corrected chi connectivity index (χ1v) is 47.8. The highest BCUT2D eigenvalue weighted by atomic mass is 33.4. The number of aryl methyl sites for hydroxylation is 2. The van der Waals surface area contributed by atoms with Crippen LogP contribution >= 0.6 is 22.7 Å². The monoisotopic (exact) mass is 1680 g/mol. The number of carbonyl (C=O) groups is 2. The van der Waals surface area contributed by atoms with Crippen LogP contribution in [-0.2, 0) is 165 Å². The Morgan fingerprint density at radius 1 is 0.430 bits per heavy atom. The molecule has 8 aromatic carbocycles. The van der Waals surface area contributed by atoms with Crippen molar-refractivity contribution in [2.45, 2.75) is 94.3 Å². The topological polar surface area (TPSA) is 396 Å². The summed E-state index contributed by atoms with van der Waals surface area (Å²) in [5.74, 6) is -1.40. The van der Waals surface area contributed by atoms with Crippen molar-refractivity contribution in [3.05, 3.63) is 178 Å². The molecule has 2 aromatic heterocycles. The first-order chi connectivity index (χ1) is 47.7. The van der Waals surface area contributed by atoms with Crippen molar-refractivity contribution < 1.29 is 65.8 Å². The Morgan fingerprint density at radius 3 is 1.06 bits per heavy atom. The molecule has 100 heavy (non-hydrogen) atoms. The molecule has 22 nitrogen and oxygen atoms in total. The molecule has 1 amide bonds. The lowest BCUT2D eigenvalue weighted by atomic mass is 9.99. The number of fused-ring (bicyclic) bond motifs is 10. The van der Waals surface area contributed by atoms with E-state index in [0.29, 0.717) is 24.0 Å². The van der Waals surface area contributed by atoms with Crippen LogP contribution in [0.25, 0.3) is 83.4 Å². The van der Waals surface area contributed by atoms with Crippen LogP contribution < -0.4 is 43.4 Å². The lowest BCUT2D eigenvalue weighted by Gasteiger charge is -2.28. The van der Waals surface area contributed by atoms with Gasteiger partial charge in [-0.05, 0) is 54.7 Å². The SMILES string of the molecule is CCC[C@H](O)[C@@H](O)[C@H](O)[C@H](O)CO.CN(C[C@H](O)[C@@H](O)[C@H](O)[C@H](O)CO)C(=O)CCc1ccc2c(=O)c3sc4c(=O)c5ccccc5c(=O)c4c3c(=O)c2c1.O=C(O)CCc1ccc2c(=O)c3sc4c(=O)c5ccccc5c(=O)c4c3c(=O)c2c1.S=S=S.S=S=S=S=S=S=S=S=S=S=S=S. The van der Waals surface area contributed by atoms with Gasteiger partial charge in [0.1, 0.15) is 42.7 Å². The van der Waals surface area contributed by atoms with Crippen molar-refractivity contribution in [1.82, 2.24) is 4.90 Å². The van der Waals surface area contributed by atoms with E-state index in [2.05, 4.69) is 44.8 Å².